The van der Waals surface area contributed by atoms with Gasteiger partial charge >= 0.3 is 0 Å². The lowest BCUT2D eigenvalue weighted by atomic mass is 10.0. The Balaban J connectivity index is 2.37. The van der Waals surface area contributed by atoms with Gasteiger partial charge in [-0.05, 0) is 41.3 Å². The largest absolute Gasteiger partial charge is 0.378 e. The molecule has 5 heteroatoms. The van der Waals surface area contributed by atoms with E-state index < -0.39 is 15.1 Å². The molecule has 1 atom stereocenters. The van der Waals surface area contributed by atoms with Gasteiger partial charge in [0.15, 0.2) is 9.84 Å². The fourth-order valence-corrected chi connectivity index (χ4v) is 4.25. The summed E-state index contributed by atoms with van der Waals surface area (Å²) in [7, 11) is 0.375. The second-order valence-electron chi connectivity index (χ2n) is 6.48. The normalized spacial score (nSPS) is 13.1. The quantitative estimate of drug-likeness (QED) is 0.871. The van der Waals surface area contributed by atoms with Crippen molar-refractivity contribution in [3.63, 3.8) is 0 Å². The Morgan fingerprint density at radius 1 is 0.917 bits per heavy atom. The zero-order valence-corrected chi connectivity index (χ0v) is 15.5. The summed E-state index contributed by atoms with van der Waals surface area (Å²) in [5.41, 5.74) is 8.67. The van der Waals surface area contributed by atoms with Crippen molar-refractivity contribution in [2.75, 3.05) is 25.5 Å². The molecule has 0 spiro atoms. The number of anilines is 1. The van der Waals surface area contributed by atoms with E-state index in [-0.39, 0.29) is 6.54 Å². The van der Waals surface area contributed by atoms with Crippen LogP contribution in [0.25, 0.3) is 0 Å². The molecule has 0 amide bonds. The molecule has 0 aliphatic carbocycles. The van der Waals surface area contributed by atoms with Gasteiger partial charge in [-0.25, -0.2) is 8.42 Å². The Morgan fingerprint density at radius 3 is 1.83 bits per heavy atom. The Labute approximate surface area is 145 Å². The highest BCUT2D eigenvalue weighted by atomic mass is 32.2. The van der Waals surface area contributed by atoms with Crippen molar-refractivity contribution < 1.29 is 8.42 Å². The molecule has 4 nitrogen and oxygen atoms in total. The minimum atomic E-state index is -3.52. The van der Waals surface area contributed by atoms with Crippen molar-refractivity contribution in [1.82, 2.24) is 0 Å². The van der Waals surface area contributed by atoms with Crippen LogP contribution in [0.1, 0.15) is 36.1 Å². The van der Waals surface area contributed by atoms with E-state index in [0.29, 0.717) is 10.8 Å². The summed E-state index contributed by atoms with van der Waals surface area (Å²) in [4.78, 5) is 2.29. The zero-order valence-electron chi connectivity index (χ0n) is 14.7. The van der Waals surface area contributed by atoms with Crippen LogP contribution in [-0.4, -0.2) is 29.1 Å². The van der Waals surface area contributed by atoms with E-state index in [0.717, 1.165) is 16.8 Å². The lowest BCUT2D eigenvalue weighted by Gasteiger charge is -2.19. The van der Waals surface area contributed by atoms with Crippen LogP contribution < -0.4 is 10.6 Å². The summed E-state index contributed by atoms with van der Waals surface area (Å²) in [6.07, 6.45) is 0. The van der Waals surface area contributed by atoms with Gasteiger partial charge in [-0.15, -0.1) is 0 Å². The summed E-state index contributed by atoms with van der Waals surface area (Å²) < 4.78 is 25.9. The van der Waals surface area contributed by atoms with Crippen molar-refractivity contribution in [3.8, 4) is 0 Å². The average Bonchev–Trinajstić information content (AvgIpc) is 2.55. The SMILES string of the molecule is CC(C)c1ccc(S(=O)(=O)[C@H](CN)c2ccc(N(C)C)cc2)cc1. The van der Waals surface area contributed by atoms with Crippen LogP contribution in [0.3, 0.4) is 0 Å². The first-order valence-electron chi connectivity index (χ1n) is 8.08. The Bertz CT molecular complexity index is 764. The van der Waals surface area contributed by atoms with Crippen LogP contribution in [0.4, 0.5) is 5.69 Å². The van der Waals surface area contributed by atoms with Gasteiger partial charge in [-0.1, -0.05) is 38.1 Å². The van der Waals surface area contributed by atoms with E-state index in [9.17, 15) is 8.42 Å². The van der Waals surface area contributed by atoms with Crippen LogP contribution in [0.5, 0.6) is 0 Å². The van der Waals surface area contributed by atoms with E-state index in [1.54, 1.807) is 12.1 Å². The van der Waals surface area contributed by atoms with Gasteiger partial charge in [0.05, 0.1) is 4.90 Å². The van der Waals surface area contributed by atoms with Crippen molar-refractivity contribution >= 4 is 15.5 Å². The first-order valence-corrected chi connectivity index (χ1v) is 9.63. The van der Waals surface area contributed by atoms with Gasteiger partial charge in [0, 0.05) is 26.3 Å². The van der Waals surface area contributed by atoms with Crippen molar-refractivity contribution in [3.05, 3.63) is 59.7 Å². The second kappa shape index (κ2) is 7.36. The molecule has 0 saturated heterocycles. The number of benzene rings is 2. The number of rotatable bonds is 6. The number of hydrogen-bond donors (Lipinski definition) is 1. The fraction of sp³-hybridized carbons (Fsp3) is 0.368. The highest BCUT2D eigenvalue weighted by molar-refractivity contribution is 7.91. The van der Waals surface area contributed by atoms with Gasteiger partial charge in [-0.2, -0.15) is 0 Å². The molecule has 0 unspecified atom stereocenters. The molecule has 0 aliphatic rings. The first kappa shape index (κ1) is 18.5. The van der Waals surface area contributed by atoms with Gasteiger partial charge in [0.25, 0.3) is 0 Å². The van der Waals surface area contributed by atoms with Crippen LogP contribution in [-0.2, 0) is 9.84 Å². The third-order valence-corrected chi connectivity index (χ3v) is 6.39. The predicted molar refractivity (Wildman–Crippen MR) is 100 cm³/mol. The third-order valence-electron chi connectivity index (χ3n) is 4.25. The molecule has 2 aromatic carbocycles. The Hall–Kier alpha value is -1.85. The van der Waals surface area contributed by atoms with Crippen LogP contribution >= 0.6 is 0 Å². The minimum absolute atomic E-state index is 0.0512. The maximum atomic E-state index is 13.0. The molecule has 0 heterocycles. The highest BCUT2D eigenvalue weighted by Gasteiger charge is 2.28. The Kier molecular flexibility index (Phi) is 5.67. The number of sulfone groups is 1. The summed E-state index contributed by atoms with van der Waals surface area (Å²) in [6.45, 7) is 4.21. The molecule has 0 aromatic heterocycles. The third kappa shape index (κ3) is 3.79. The molecule has 2 N–H and O–H groups in total. The van der Waals surface area contributed by atoms with Gasteiger partial charge < -0.3 is 10.6 Å². The topological polar surface area (TPSA) is 63.4 Å². The van der Waals surface area contributed by atoms with E-state index >= 15 is 0 Å². The molecule has 0 aliphatic heterocycles. The van der Waals surface area contributed by atoms with Crippen LogP contribution in [0, 0.1) is 0 Å². The Morgan fingerprint density at radius 2 is 1.42 bits per heavy atom. The van der Waals surface area contributed by atoms with Gasteiger partial charge in [-0.3, -0.25) is 0 Å². The minimum Gasteiger partial charge on any atom is -0.378 e. The lowest BCUT2D eigenvalue weighted by molar-refractivity contribution is 0.582. The van der Waals surface area contributed by atoms with Crippen LogP contribution in [0.15, 0.2) is 53.4 Å². The predicted octanol–water partition coefficient (Wildman–Crippen LogP) is 3.35. The van der Waals surface area contributed by atoms with Crippen molar-refractivity contribution in [1.29, 1.82) is 0 Å². The van der Waals surface area contributed by atoms with Crippen LogP contribution in [0.2, 0.25) is 0 Å². The first-order chi connectivity index (χ1) is 11.3. The standard InChI is InChI=1S/C19H26N2O2S/c1-14(2)15-7-11-18(12-8-15)24(22,23)19(13-20)16-5-9-17(10-6-16)21(3)4/h5-12,14,19H,13,20H2,1-4H3/t19-/m1/s1. The molecule has 0 saturated carbocycles. The molecular formula is C19H26N2O2S. The highest BCUT2D eigenvalue weighted by Crippen LogP contribution is 2.30. The second-order valence-corrected chi connectivity index (χ2v) is 8.61. The molecule has 2 rings (SSSR count). The van der Waals surface area contributed by atoms with E-state index in [2.05, 4.69) is 13.8 Å². The van der Waals surface area contributed by atoms with Gasteiger partial charge in [0.1, 0.15) is 5.25 Å². The molecule has 2 aromatic rings. The molecular weight excluding hydrogens is 320 g/mol. The van der Waals surface area contributed by atoms with E-state index in [4.69, 9.17) is 5.73 Å². The summed E-state index contributed by atoms with van der Waals surface area (Å²) >= 11 is 0. The summed E-state index contributed by atoms with van der Waals surface area (Å²) in [5, 5.41) is -0.737. The maximum Gasteiger partial charge on any atom is 0.186 e. The summed E-state index contributed by atoms with van der Waals surface area (Å²) in [6, 6.07) is 14.6. The number of hydrogen-bond acceptors (Lipinski definition) is 4. The smallest absolute Gasteiger partial charge is 0.186 e. The summed E-state index contributed by atoms with van der Waals surface area (Å²) in [5.74, 6) is 0.366. The van der Waals surface area contributed by atoms with Crippen molar-refractivity contribution in [2.24, 2.45) is 5.73 Å². The molecule has 130 valence electrons. The molecule has 0 bridgehead atoms. The monoisotopic (exact) mass is 346 g/mol. The van der Waals surface area contributed by atoms with Crippen molar-refractivity contribution in [2.45, 2.75) is 29.9 Å². The maximum absolute atomic E-state index is 13.0. The fourth-order valence-electron chi connectivity index (χ4n) is 2.64. The zero-order chi connectivity index (χ0) is 17.9. The van der Waals surface area contributed by atoms with Gasteiger partial charge in [0.2, 0.25) is 0 Å². The average molecular weight is 346 g/mol. The van der Waals surface area contributed by atoms with E-state index in [1.807, 2.05) is 55.4 Å². The molecule has 0 radical (unpaired) electrons. The lowest BCUT2D eigenvalue weighted by Crippen LogP contribution is -2.22. The van der Waals surface area contributed by atoms with E-state index in [1.165, 1.54) is 0 Å². The molecule has 24 heavy (non-hydrogen) atoms. The molecule has 0 fully saturated rings. The number of nitrogens with two attached hydrogens (primary N) is 1. The number of nitrogens with zero attached hydrogens (tertiary/aromatic N) is 1.